The maximum absolute atomic E-state index is 12.0. The molecule has 1 aliphatic heterocycles. The molecule has 0 saturated carbocycles. The maximum atomic E-state index is 12.0. The summed E-state index contributed by atoms with van der Waals surface area (Å²) in [5.41, 5.74) is 0. The molecule has 4 nitrogen and oxygen atoms in total. The van der Waals surface area contributed by atoms with Crippen LogP contribution in [0.5, 0.6) is 0 Å². The van der Waals surface area contributed by atoms with E-state index in [9.17, 15) is 9.59 Å². The van der Waals surface area contributed by atoms with Crippen LogP contribution in [0.4, 0.5) is 0 Å². The van der Waals surface area contributed by atoms with Gasteiger partial charge in [-0.1, -0.05) is 13.8 Å². The summed E-state index contributed by atoms with van der Waals surface area (Å²) in [5.74, 6) is -0.0664. The normalized spacial score (nSPS) is 22.1. The first-order valence-corrected chi connectivity index (χ1v) is 6.55. The van der Waals surface area contributed by atoms with Crippen molar-refractivity contribution in [1.82, 2.24) is 4.90 Å². The predicted octanol–water partition coefficient (Wildman–Crippen LogP) is 1.83. The van der Waals surface area contributed by atoms with Crippen molar-refractivity contribution < 1.29 is 14.3 Å². The molecular weight excluding hydrogens is 218 g/mol. The molecule has 0 spiro atoms. The maximum Gasteiger partial charge on any atom is 0.310 e. The van der Waals surface area contributed by atoms with Crippen molar-refractivity contribution in [1.29, 1.82) is 0 Å². The second kappa shape index (κ2) is 6.62. The van der Waals surface area contributed by atoms with Crippen LogP contribution in [-0.4, -0.2) is 36.5 Å². The Kier molecular flexibility index (Phi) is 5.45. The van der Waals surface area contributed by atoms with Crippen LogP contribution in [0.15, 0.2) is 0 Å². The zero-order valence-corrected chi connectivity index (χ0v) is 11.1. The van der Waals surface area contributed by atoms with Gasteiger partial charge in [0.25, 0.3) is 0 Å². The molecule has 1 aliphatic rings. The van der Waals surface area contributed by atoms with Gasteiger partial charge in [-0.05, 0) is 26.2 Å². The largest absolute Gasteiger partial charge is 0.466 e. The van der Waals surface area contributed by atoms with Crippen LogP contribution in [0.3, 0.4) is 0 Å². The summed E-state index contributed by atoms with van der Waals surface area (Å²) in [6, 6.07) is 0. The predicted molar refractivity (Wildman–Crippen MR) is 65.4 cm³/mol. The van der Waals surface area contributed by atoms with Crippen LogP contribution in [0, 0.1) is 11.8 Å². The number of piperidine rings is 1. The first kappa shape index (κ1) is 14.0. The van der Waals surface area contributed by atoms with Gasteiger partial charge in [0.15, 0.2) is 0 Å². The third-order valence-electron chi connectivity index (χ3n) is 3.39. The number of nitrogens with zero attached hydrogens (tertiary/aromatic N) is 1. The van der Waals surface area contributed by atoms with Gasteiger partial charge < -0.3 is 9.64 Å². The highest BCUT2D eigenvalue weighted by molar-refractivity contribution is 5.80. The molecule has 0 aromatic heterocycles. The summed E-state index contributed by atoms with van der Waals surface area (Å²) in [7, 11) is 0. The fourth-order valence-corrected chi connectivity index (χ4v) is 2.12. The number of ether oxygens (including phenoxy) is 1. The number of carbonyl (C=O) groups is 2. The van der Waals surface area contributed by atoms with E-state index >= 15 is 0 Å². The fourth-order valence-electron chi connectivity index (χ4n) is 2.12. The van der Waals surface area contributed by atoms with Crippen LogP contribution >= 0.6 is 0 Å². The highest BCUT2D eigenvalue weighted by Gasteiger charge is 2.30. The summed E-state index contributed by atoms with van der Waals surface area (Å²) in [6.07, 6.45) is 2.58. The molecular formula is C13H23NO3. The molecule has 0 aliphatic carbocycles. The molecule has 1 amide bonds. The van der Waals surface area contributed by atoms with E-state index in [1.165, 1.54) is 0 Å². The number of hydrogen-bond donors (Lipinski definition) is 0. The van der Waals surface area contributed by atoms with Crippen molar-refractivity contribution in [2.75, 3.05) is 19.7 Å². The van der Waals surface area contributed by atoms with Crippen LogP contribution < -0.4 is 0 Å². The average molecular weight is 241 g/mol. The molecule has 0 aromatic carbocycles. The molecule has 0 bridgehead atoms. The minimum Gasteiger partial charge on any atom is -0.466 e. The van der Waals surface area contributed by atoms with Gasteiger partial charge in [0.2, 0.25) is 5.91 Å². The second-order valence-electron chi connectivity index (χ2n) is 4.68. The molecule has 1 fully saturated rings. The Hall–Kier alpha value is -1.06. The average Bonchev–Trinajstić information content (AvgIpc) is 2.37. The van der Waals surface area contributed by atoms with E-state index in [0.717, 1.165) is 25.8 Å². The van der Waals surface area contributed by atoms with E-state index in [2.05, 4.69) is 0 Å². The molecule has 17 heavy (non-hydrogen) atoms. The highest BCUT2D eigenvalue weighted by Crippen LogP contribution is 2.20. The minimum absolute atomic E-state index is 0.0518. The lowest BCUT2D eigenvalue weighted by molar-refractivity contribution is -0.151. The lowest BCUT2D eigenvalue weighted by atomic mass is 9.96. The van der Waals surface area contributed by atoms with Gasteiger partial charge in [-0.3, -0.25) is 9.59 Å². The monoisotopic (exact) mass is 241 g/mol. The molecule has 1 saturated heterocycles. The van der Waals surface area contributed by atoms with E-state index in [-0.39, 0.29) is 23.7 Å². The number of esters is 1. The first-order valence-electron chi connectivity index (χ1n) is 6.55. The van der Waals surface area contributed by atoms with Crippen molar-refractivity contribution in [3.8, 4) is 0 Å². The van der Waals surface area contributed by atoms with Gasteiger partial charge in [-0.2, -0.15) is 0 Å². The van der Waals surface area contributed by atoms with Gasteiger partial charge in [0.05, 0.1) is 12.5 Å². The Morgan fingerprint density at radius 1 is 1.41 bits per heavy atom. The zero-order valence-electron chi connectivity index (χ0n) is 11.1. The first-order chi connectivity index (χ1) is 8.10. The molecule has 0 radical (unpaired) electrons. The van der Waals surface area contributed by atoms with Crippen molar-refractivity contribution >= 4 is 11.9 Å². The number of likely N-dealkylation sites (tertiary alicyclic amines) is 1. The van der Waals surface area contributed by atoms with Gasteiger partial charge >= 0.3 is 5.97 Å². The van der Waals surface area contributed by atoms with Gasteiger partial charge in [-0.15, -0.1) is 0 Å². The lowest BCUT2D eigenvalue weighted by Crippen LogP contribution is -2.44. The number of amides is 1. The summed E-state index contributed by atoms with van der Waals surface area (Å²) in [4.78, 5) is 25.5. The minimum atomic E-state index is -0.158. The molecule has 0 N–H and O–H groups in total. The van der Waals surface area contributed by atoms with E-state index in [4.69, 9.17) is 4.74 Å². The fraction of sp³-hybridized carbons (Fsp3) is 0.846. The molecule has 1 rings (SSSR count). The molecule has 4 heteroatoms. The molecule has 0 unspecified atom stereocenters. The van der Waals surface area contributed by atoms with Crippen molar-refractivity contribution in [3.05, 3.63) is 0 Å². The van der Waals surface area contributed by atoms with Crippen LogP contribution in [0.1, 0.15) is 40.0 Å². The Bertz CT molecular complexity index is 278. The smallest absolute Gasteiger partial charge is 0.310 e. The molecule has 1 heterocycles. The SMILES string of the molecule is CCOC(=O)[C@@H]1CCCN(C(=O)[C@@H](C)CC)C1. The number of carbonyl (C=O) groups excluding carboxylic acids is 2. The zero-order chi connectivity index (χ0) is 12.8. The quantitative estimate of drug-likeness (QED) is 0.705. The third-order valence-corrected chi connectivity index (χ3v) is 3.39. The Morgan fingerprint density at radius 3 is 2.71 bits per heavy atom. The topological polar surface area (TPSA) is 46.6 Å². The van der Waals surface area contributed by atoms with E-state index < -0.39 is 0 Å². The summed E-state index contributed by atoms with van der Waals surface area (Å²) in [6.45, 7) is 7.48. The number of rotatable bonds is 4. The Morgan fingerprint density at radius 2 is 2.12 bits per heavy atom. The van der Waals surface area contributed by atoms with Gasteiger partial charge in [0, 0.05) is 19.0 Å². The summed E-state index contributed by atoms with van der Waals surface area (Å²) >= 11 is 0. The second-order valence-corrected chi connectivity index (χ2v) is 4.68. The van der Waals surface area contributed by atoms with Gasteiger partial charge in [-0.25, -0.2) is 0 Å². The standard InChI is InChI=1S/C13H23NO3/c1-4-10(3)12(15)14-8-6-7-11(9-14)13(16)17-5-2/h10-11H,4-9H2,1-3H3/t10-,11+/m0/s1. The van der Waals surface area contributed by atoms with Crippen LogP contribution in [0.2, 0.25) is 0 Å². The summed E-state index contributed by atoms with van der Waals surface area (Å²) in [5, 5.41) is 0. The van der Waals surface area contributed by atoms with E-state index in [1.807, 2.05) is 25.7 Å². The van der Waals surface area contributed by atoms with Crippen LogP contribution in [-0.2, 0) is 14.3 Å². The Balaban J connectivity index is 2.54. The lowest BCUT2D eigenvalue weighted by Gasteiger charge is -2.33. The molecule has 98 valence electrons. The van der Waals surface area contributed by atoms with Gasteiger partial charge in [0.1, 0.15) is 0 Å². The molecule has 2 atom stereocenters. The van der Waals surface area contributed by atoms with E-state index in [0.29, 0.717) is 13.2 Å². The Labute approximate surface area is 103 Å². The van der Waals surface area contributed by atoms with Crippen LogP contribution in [0.25, 0.3) is 0 Å². The third kappa shape index (κ3) is 3.72. The van der Waals surface area contributed by atoms with E-state index in [1.54, 1.807) is 0 Å². The number of hydrogen-bond acceptors (Lipinski definition) is 3. The van der Waals surface area contributed by atoms with Crippen molar-refractivity contribution in [3.63, 3.8) is 0 Å². The summed E-state index contributed by atoms with van der Waals surface area (Å²) < 4.78 is 5.02. The van der Waals surface area contributed by atoms with Crippen molar-refractivity contribution in [2.24, 2.45) is 11.8 Å². The molecule has 0 aromatic rings. The van der Waals surface area contributed by atoms with Crippen molar-refractivity contribution in [2.45, 2.75) is 40.0 Å². The highest BCUT2D eigenvalue weighted by atomic mass is 16.5.